The van der Waals surface area contributed by atoms with Crippen LogP contribution >= 0.6 is 0 Å². The SMILES string of the molecule is CCCCCCCCCCCCCCCCCCN(C(=O)CC(C(=O)[O-])[S-](=O)=O)S(=O)(=O)O.[Na+].[Na+]. The van der Waals surface area contributed by atoms with Crippen LogP contribution in [-0.4, -0.2) is 40.9 Å². The molecule has 0 rings (SSSR count). The van der Waals surface area contributed by atoms with E-state index in [0.29, 0.717) is 12.8 Å². The summed E-state index contributed by atoms with van der Waals surface area (Å²) in [6.45, 7) is 1.89. The summed E-state index contributed by atoms with van der Waals surface area (Å²) in [6.07, 6.45) is 16.9. The molecule has 0 saturated heterocycles. The summed E-state index contributed by atoms with van der Waals surface area (Å²) in [5.41, 5.74) is 0. The van der Waals surface area contributed by atoms with Gasteiger partial charge in [-0.2, -0.15) is 8.42 Å². The molecule has 0 aromatic rings. The molecule has 9 nitrogen and oxygen atoms in total. The van der Waals surface area contributed by atoms with Crippen molar-refractivity contribution in [1.29, 1.82) is 0 Å². The van der Waals surface area contributed by atoms with Crippen molar-refractivity contribution in [3.8, 4) is 0 Å². The zero-order valence-electron chi connectivity index (χ0n) is 21.9. The number of carboxylic acid groups (broad SMARTS) is 1. The van der Waals surface area contributed by atoms with E-state index in [1.54, 1.807) is 0 Å². The van der Waals surface area contributed by atoms with Crippen LogP contribution in [-0.2, 0) is 39.0 Å². The van der Waals surface area contributed by atoms with Crippen molar-refractivity contribution < 1.29 is 95.2 Å². The van der Waals surface area contributed by atoms with Crippen LogP contribution in [0.5, 0.6) is 0 Å². The number of hydrogen-bond acceptors (Lipinski definition) is 8. The first-order valence-corrected chi connectivity index (χ1v) is 14.7. The third kappa shape index (κ3) is 22.5. The van der Waals surface area contributed by atoms with Gasteiger partial charge in [-0.3, -0.25) is 9.35 Å². The summed E-state index contributed by atoms with van der Waals surface area (Å²) in [7, 11) is -8.06. The van der Waals surface area contributed by atoms with E-state index in [-0.39, 0.29) is 70.0 Å². The number of amides is 1. The average Bonchev–Trinajstić information content (AvgIpc) is 2.72. The summed E-state index contributed by atoms with van der Waals surface area (Å²) in [4.78, 5) is 22.8. The van der Waals surface area contributed by atoms with E-state index in [4.69, 9.17) is 0 Å². The Balaban J connectivity index is -0.00000512. The molecular weight excluding hydrogens is 516 g/mol. The van der Waals surface area contributed by atoms with Crippen LogP contribution in [0, 0.1) is 0 Å². The molecule has 35 heavy (non-hydrogen) atoms. The van der Waals surface area contributed by atoms with E-state index in [2.05, 4.69) is 6.92 Å². The Kier molecular flexibility index (Phi) is 28.9. The van der Waals surface area contributed by atoms with Crippen molar-refractivity contribution in [2.24, 2.45) is 0 Å². The Morgan fingerprint density at radius 1 is 0.771 bits per heavy atom. The molecule has 0 aliphatic heterocycles. The van der Waals surface area contributed by atoms with Gasteiger partial charge in [-0.15, -0.1) is 0 Å². The van der Waals surface area contributed by atoms with Crippen molar-refractivity contribution >= 4 is 32.9 Å². The fourth-order valence-electron chi connectivity index (χ4n) is 3.66. The fourth-order valence-corrected chi connectivity index (χ4v) is 4.79. The predicted octanol–water partition coefficient (Wildman–Crippen LogP) is -2.29. The molecule has 1 N–H and O–H groups in total. The van der Waals surface area contributed by atoms with Crippen molar-refractivity contribution in [1.82, 2.24) is 4.31 Å². The zero-order valence-corrected chi connectivity index (χ0v) is 27.5. The molecule has 1 amide bonds. The number of carboxylic acids is 1. The molecule has 1 unspecified atom stereocenters. The summed E-state index contributed by atoms with van der Waals surface area (Å²) < 4.78 is 53.9. The molecular formula is C22H41NNa2O8S2. The third-order valence-electron chi connectivity index (χ3n) is 5.63. The van der Waals surface area contributed by atoms with Gasteiger partial charge in [0, 0.05) is 18.9 Å². The molecule has 1 atom stereocenters. The van der Waals surface area contributed by atoms with Crippen molar-refractivity contribution in [2.75, 3.05) is 6.54 Å². The van der Waals surface area contributed by atoms with Crippen LogP contribution in [0.3, 0.4) is 0 Å². The number of carbonyl (C=O) groups is 2. The number of carbonyl (C=O) groups excluding carboxylic acids is 2. The average molecular weight is 558 g/mol. The van der Waals surface area contributed by atoms with Gasteiger partial charge in [0.2, 0.25) is 5.91 Å². The number of aliphatic carboxylic acids is 1. The summed E-state index contributed by atoms with van der Waals surface area (Å²) >= 11 is 0. The van der Waals surface area contributed by atoms with Gasteiger partial charge in [0.1, 0.15) is 0 Å². The Hall–Kier alpha value is 0.800. The molecule has 0 aromatic heterocycles. The maximum Gasteiger partial charge on any atom is 1.00 e. The van der Waals surface area contributed by atoms with Gasteiger partial charge in [-0.25, -0.2) is 4.31 Å². The molecule has 13 heteroatoms. The Labute approximate surface area is 258 Å². The minimum absolute atomic E-state index is 0. The van der Waals surface area contributed by atoms with E-state index >= 15 is 0 Å². The van der Waals surface area contributed by atoms with Crippen LogP contribution in [0.1, 0.15) is 116 Å². The molecule has 0 bridgehead atoms. The Bertz CT molecular complexity index is 725. The standard InChI is InChI=1S/C22H42NO8S2.2Na/c1-2-3-4-5-6-7-8-9-10-11-12-13-14-15-16-17-18-23(33(29,30)31)21(24)19-20(22(25)26)32(27)28;;/h20H,2-19H2,1H3,(H,25,26)(H,29,30,31);;/q-1;2*+1/p-1. The second kappa shape index (κ2) is 25.1. The van der Waals surface area contributed by atoms with E-state index in [1.165, 1.54) is 64.2 Å². The molecule has 0 heterocycles. The maximum atomic E-state index is 12.0. The van der Waals surface area contributed by atoms with E-state index in [1.807, 2.05) is 0 Å². The smallest absolute Gasteiger partial charge is 0.552 e. The first-order valence-electron chi connectivity index (χ1n) is 12.2. The van der Waals surface area contributed by atoms with Gasteiger partial charge in [0.25, 0.3) is 0 Å². The number of hydrogen-bond donors (Lipinski definition) is 1. The third-order valence-corrected chi connectivity index (χ3v) is 7.39. The summed E-state index contributed by atoms with van der Waals surface area (Å²) in [6, 6.07) is 0. The minimum Gasteiger partial charge on any atom is -0.552 e. The maximum absolute atomic E-state index is 12.0. The molecule has 196 valence electrons. The second-order valence-corrected chi connectivity index (χ2v) is 10.9. The van der Waals surface area contributed by atoms with Crippen LogP contribution in [0.4, 0.5) is 0 Å². The first-order chi connectivity index (χ1) is 15.6. The summed E-state index contributed by atoms with van der Waals surface area (Å²) in [5.74, 6) is -3.30. The van der Waals surface area contributed by atoms with Crippen molar-refractivity contribution in [3.63, 3.8) is 0 Å². The van der Waals surface area contributed by atoms with Gasteiger partial charge in [-0.1, -0.05) is 114 Å². The van der Waals surface area contributed by atoms with Gasteiger partial charge >= 0.3 is 69.4 Å². The van der Waals surface area contributed by atoms with Crippen LogP contribution in [0.15, 0.2) is 0 Å². The van der Waals surface area contributed by atoms with E-state index < -0.39 is 44.6 Å². The monoisotopic (exact) mass is 557 g/mol. The topological polar surface area (TPSA) is 149 Å². The largest absolute Gasteiger partial charge is 1.00 e. The molecule has 0 aliphatic carbocycles. The van der Waals surface area contributed by atoms with E-state index in [0.717, 1.165) is 25.7 Å². The van der Waals surface area contributed by atoms with Crippen LogP contribution in [0.25, 0.3) is 0 Å². The predicted molar refractivity (Wildman–Crippen MR) is 125 cm³/mol. The van der Waals surface area contributed by atoms with E-state index in [9.17, 15) is 36.1 Å². The number of unbranched alkanes of at least 4 members (excludes halogenated alkanes) is 15. The van der Waals surface area contributed by atoms with Gasteiger partial charge in [0.05, 0.1) is 0 Å². The molecule has 0 aliphatic rings. The fraction of sp³-hybridized carbons (Fsp3) is 0.909. The summed E-state index contributed by atoms with van der Waals surface area (Å²) in [5, 5.41) is 8.61. The van der Waals surface area contributed by atoms with Gasteiger partial charge in [-0.05, 0) is 11.7 Å². The van der Waals surface area contributed by atoms with Gasteiger partial charge in [0.15, 0.2) is 0 Å². The zero-order chi connectivity index (χ0) is 25.1. The van der Waals surface area contributed by atoms with Crippen LogP contribution < -0.4 is 64.2 Å². The molecule has 0 radical (unpaired) electrons. The van der Waals surface area contributed by atoms with Crippen LogP contribution in [0.2, 0.25) is 0 Å². The van der Waals surface area contributed by atoms with Gasteiger partial charge < -0.3 is 18.3 Å². The van der Waals surface area contributed by atoms with Crippen molar-refractivity contribution in [3.05, 3.63) is 0 Å². The quantitative estimate of drug-likeness (QED) is 0.0677. The number of nitrogens with zero attached hydrogens (tertiary/aromatic N) is 1. The second-order valence-electron chi connectivity index (χ2n) is 8.52. The Morgan fingerprint density at radius 3 is 1.40 bits per heavy atom. The van der Waals surface area contributed by atoms with Crippen molar-refractivity contribution in [2.45, 2.75) is 121 Å². The first kappa shape index (κ1) is 40.3. The number of rotatable bonds is 22. The Morgan fingerprint density at radius 2 is 1.11 bits per heavy atom. The molecule has 0 spiro atoms. The molecule has 0 aromatic carbocycles. The molecule has 0 saturated carbocycles. The normalized spacial score (nSPS) is 12.0. The molecule has 0 fully saturated rings. The minimum atomic E-state index is -4.91.